The Hall–Kier alpha value is -1.79. The van der Waals surface area contributed by atoms with Gasteiger partial charge in [0, 0.05) is 17.8 Å². The molecule has 0 radical (unpaired) electrons. The lowest BCUT2D eigenvalue weighted by atomic mass is 10.0. The SMILES string of the molecule is CC[C@@H]1OC[C@@H](O)Nc2ccc(CNC(=O)OC(C)(C)C)cc21. The molecule has 6 heteroatoms. The first-order valence-corrected chi connectivity index (χ1v) is 7.94. The largest absolute Gasteiger partial charge is 0.444 e. The zero-order valence-corrected chi connectivity index (χ0v) is 14.2. The van der Waals surface area contributed by atoms with Crippen LogP contribution in [0.5, 0.6) is 0 Å². The fraction of sp³-hybridized carbons (Fsp3) is 0.588. The highest BCUT2D eigenvalue weighted by atomic mass is 16.6. The number of anilines is 1. The number of aliphatic hydroxyl groups excluding tert-OH is 1. The molecule has 0 fully saturated rings. The van der Waals surface area contributed by atoms with Gasteiger partial charge in [0.2, 0.25) is 0 Å². The van der Waals surface area contributed by atoms with Crippen LogP contribution in [0.4, 0.5) is 10.5 Å². The predicted octanol–water partition coefficient (Wildman–Crippen LogP) is 2.92. The smallest absolute Gasteiger partial charge is 0.407 e. The van der Waals surface area contributed by atoms with Crippen LogP contribution in [-0.4, -0.2) is 29.6 Å². The summed E-state index contributed by atoms with van der Waals surface area (Å²) in [7, 11) is 0. The lowest BCUT2D eigenvalue weighted by Crippen LogP contribution is -2.32. The van der Waals surface area contributed by atoms with E-state index in [0.717, 1.165) is 23.2 Å². The molecule has 1 amide bonds. The first-order valence-electron chi connectivity index (χ1n) is 7.94. The molecule has 0 bridgehead atoms. The van der Waals surface area contributed by atoms with Crippen molar-refractivity contribution in [2.45, 2.75) is 58.6 Å². The average molecular weight is 322 g/mol. The molecule has 1 heterocycles. The molecule has 0 spiro atoms. The van der Waals surface area contributed by atoms with Crippen LogP contribution in [0, 0.1) is 0 Å². The number of benzene rings is 1. The molecule has 0 unspecified atom stereocenters. The van der Waals surface area contributed by atoms with Crippen LogP contribution in [0.2, 0.25) is 0 Å². The summed E-state index contributed by atoms with van der Waals surface area (Å²) in [4.78, 5) is 11.7. The van der Waals surface area contributed by atoms with Gasteiger partial charge in [-0.25, -0.2) is 4.79 Å². The van der Waals surface area contributed by atoms with Crippen molar-refractivity contribution in [1.82, 2.24) is 5.32 Å². The number of aliphatic hydroxyl groups is 1. The molecule has 23 heavy (non-hydrogen) atoms. The van der Waals surface area contributed by atoms with Crippen LogP contribution in [0.25, 0.3) is 0 Å². The van der Waals surface area contributed by atoms with E-state index < -0.39 is 17.9 Å². The van der Waals surface area contributed by atoms with Crippen LogP contribution >= 0.6 is 0 Å². The predicted molar refractivity (Wildman–Crippen MR) is 88.1 cm³/mol. The van der Waals surface area contributed by atoms with Crippen molar-refractivity contribution >= 4 is 11.8 Å². The lowest BCUT2D eigenvalue weighted by molar-refractivity contribution is 0.00357. The third-order valence-electron chi connectivity index (χ3n) is 3.45. The van der Waals surface area contributed by atoms with Crippen LogP contribution in [0.1, 0.15) is 51.3 Å². The molecule has 6 nitrogen and oxygen atoms in total. The first-order chi connectivity index (χ1) is 10.8. The maximum Gasteiger partial charge on any atom is 0.407 e. The van der Waals surface area contributed by atoms with Gasteiger partial charge in [-0.05, 0) is 44.9 Å². The standard InChI is InChI=1S/C17H26N2O4/c1-5-14-12-8-11(9-18-16(21)23-17(2,3)4)6-7-13(12)19-15(20)10-22-14/h6-8,14-15,19-20H,5,9-10H2,1-4H3,(H,18,21)/t14-,15+/m0/s1. The molecule has 1 aromatic carbocycles. The number of rotatable bonds is 3. The van der Waals surface area contributed by atoms with E-state index in [0.29, 0.717) is 6.54 Å². The number of amides is 1. The Bertz CT molecular complexity index is 554. The zero-order chi connectivity index (χ0) is 17.0. The van der Waals surface area contributed by atoms with E-state index in [2.05, 4.69) is 10.6 Å². The monoisotopic (exact) mass is 322 g/mol. The molecule has 2 atom stereocenters. The van der Waals surface area contributed by atoms with Crippen molar-refractivity contribution in [3.8, 4) is 0 Å². The van der Waals surface area contributed by atoms with Gasteiger partial charge in [0.05, 0.1) is 12.7 Å². The topological polar surface area (TPSA) is 79.8 Å². The number of nitrogens with one attached hydrogen (secondary N) is 2. The molecule has 1 aliphatic rings. The summed E-state index contributed by atoms with van der Waals surface area (Å²) < 4.78 is 10.9. The minimum atomic E-state index is -0.712. The van der Waals surface area contributed by atoms with Gasteiger partial charge in [-0.2, -0.15) is 0 Å². The number of alkyl carbamates (subject to hydrolysis) is 1. The zero-order valence-electron chi connectivity index (χ0n) is 14.2. The highest BCUT2D eigenvalue weighted by Crippen LogP contribution is 2.32. The maximum atomic E-state index is 11.7. The van der Waals surface area contributed by atoms with Gasteiger partial charge in [-0.3, -0.25) is 0 Å². The molecule has 1 aromatic rings. The molecule has 128 valence electrons. The van der Waals surface area contributed by atoms with Crippen molar-refractivity contribution < 1.29 is 19.4 Å². The molecule has 0 aromatic heterocycles. The Morgan fingerprint density at radius 2 is 2.22 bits per heavy atom. The number of carbonyl (C=O) groups is 1. The van der Waals surface area contributed by atoms with Crippen molar-refractivity contribution in [2.24, 2.45) is 0 Å². The van der Waals surface area contributed by atoms with Crippen LogP contribution < -0.4 is 10.6 Å². The molecular formula is C17H26N2O4. The Morgan fingerprint density at radius 3 is 2.87 bits per heavy atom. The summed E-state index contributed by atoms with van der Waals surface area (Å²) in [6.07, 6.45) is -0.416. The van der Waals surface area contributed by atoms with Crippen molar-refractivity contribution in [1.29, 1.82) is 0 Å². The highest BCUT2D eigenvalue weighted by molar-refractivity contribution is 5.67. The van der Waals surface area contributed by atoms with Gasteiger partial charge in [0.1, 0.15) is 11.8 Å². The van der Waals surface area contributed by atoms with E-state index in [1.165, 1.54) is 0 Å². The van der Waals surface area contributed by atoms with E-state index >= 15 is 0 Å². The van der Waals surface area contributed by atoms with Gasteiger partial charge in [-0.15, -0.1) is 0 Å². The molecule has 0 saturated heterocycles. The molecule has 1 aliphatic heterocycles. The number of hydrogen-bond donors (Lipinski definition) is 3. The third kappa shape index (κ3) is 5.11. The Morgan fingerprint density at radius 1 is 1.48 bits per heavy atom. The van der Waals surface area contributed by atoms with E-state index in [1.807, 2.05) is 45.9 Å². The summed E-state index contributed by atoms with van der Waals surface area (Å²) in [5, 5.41) is 15.6. The number of hydrogen-bond acceptors (Lipinski definition) is 5. The van der Waals surface area contributed by atoms with Crippen molar-refractivity contribution in [3.63, 3.8) is 0 Å². The molecule has 2 rings (SSSR count). The second-order valence-electron chi connectivity index (χ2n) is 6.67. The Kier molecular flexibility index (Phi) is 5.49. The molecular weight excluding hydrogens is 296 g/mol. The van der Waals surface area contributed by atoms with Crippen molar-refractivity contribution in [3.05, 3.63) is 29.3 Å². The number of fused-ring (bicyclic) bond motifs is 1. The highest BCUT2D eigenvalue weighted by Gasteiger charge is 2.22. The quantitative estimate of drug-likeness (QED) is 0.797. The van der Waals surface area contributed by atoms with Crippen molar-refractivity contribution in [2.75, 3.05) is 11.9 Å². The fourth-order valence-corrected chi connectivity index (χ4v) is 2.46. The van der Waals surface area contributed by atoms with Crippen LogP contribution in [0.15, 0.2) is 18.2 Å². The number of carbonyl (C=O) groups excluding carboxylic acids is 1. The first kappa shape index (κ1) is 17.6. The van der Waals surface area contributed by atoms with E-state index in [4.69, 9.17) is 9.47 Å². The lowest BCUT2D eigenvalue weighted by Gasteiger charge is -2.20. The normalized spacial score (nSPS) is 20.9. The Balaban J connectivity index is 2.07. The van der Waals surface area contributed by atoms with E-state index in [-0.39, 0.29) is 12.7 Å². The average Bonchev–Trinajstić information content (AvgIpc) is 2.61. The molecule has 0 aliphatic carbocycles. The van der Waals surface area contributed by atoms with E-state index in [9.17, 15) is 9.90 Å². The minimum absolute atomic E-state index is 0.0730. The van der Waals surface area contributed by atoms with Gasteiger partial charge >= 0.3 is 6.09 Å². The van der Waals surface area contributed by atoms with Gasteiger partial charge < -0.3 is 25.2 Å². The van der Waals surface area contributed by atoms with E-state index in [1.54, 1.807) is 0 Å². The molecule has 0 saturated carbocycles. The summed E-state index contributed by atoms with van der Waals surface area (Å²) >= 11 is 0. The third-order valence-corrected chi connectivity index (χ3v) is 3.45. The maximum absolute atomic E-state index is 11.7. The fourth-order valence-electron chi connectivity index (χ4n) is 2.46. The Labute approximate surface area is 137 Å². The van der Waals surface area contributed by atoms with Gasteiger partial charge in [-0.1, -0.05) is 13.0 Å². The van der Waals surface area contributed by atoms with Gasteiger partial charge in [0.25, 0.3) is 0 Å². The van der Waals surface area contributed by atoms with Crippen LogP contribution in [0.3, 0.4) is 0 Å². The van der Waals surface area contributed by atoms with Crippen LogP contribution in [-0.2, 0) is 16.0 Å². The minimum Gasteiger partial charge on any atom is -0.444 e. The summed E-state index contributed by atoms with van der Waals surface area (Å²) in [6.45, 7) is 8.15. The summed E-state index contributed by atoms with van der Waals surface area (Å²) in [5.41, 5.74) is 2.30. The summed E-state index contributed by atoms with van der Waals surface area (Å²) in [5.74, 6) is 0. The second-order valence-corrected chi connectivity index (χ2v) is 6.67. The number of ether oxygens (including phenoxy) is 2. The summed E-state index contributed by atoms with van der Waals surface area (Å²) in [6, 6.07) is 5.81. The molecule has 3 N–H and O–H groups in total. The van der Waals surface area contributed by atoms with Gasteiger partial charge in [0.15, 0.2) is 0 Å². The second kappa shape index (κ2) is 7.19.